The maximum Gasteiger partial charge on any atom is 0.164 e. The van der Waals surface area contributed by atoms with Gasteiger partial charge in [0.25, 0.3) is 0 Å². The molecule has 0 aromatic carbocycles. The molecular weight excluding hydrogens is 286 g/mol. The summed E-state index contributed by atoms with van der Waals surface area (Å²) in [5, 5.41) is 10.4. The van der Waals surface area contributed by atoms with Gasteiger partial charge in [0.2, 0.25) is 0 Å². The molecular formula is C20H41NO2. The van der Waals surface area contributed by atoms with Gasteiger partial charge < -0.3 is 10.8 Å². The number of hydrogen-bond donors (Lipinski definition) is 2. The molecule has 0 radical (unpaired) electrons. The summed E-state index contributed by atoms with van der Waals surface area (Å²) < 4.78 is 0. The van der Waals surface area contributed by atoms with Gasteiger partial charge >= 0.3 is 0 Å². The Bertz CT molecular complexity index is 273. The van der Waals surface area contributed by atoms with Gasteiger partial charge in [0.1, 0.15) is 5.60 Å². The highest BCUT2D eigenvalue weighted by molar-refractivity contribution is 5.86. The lowest BCUT2D eigenvalue weighted by molar-refractivity contribution is -0.138. The third-order valence-electron chi connectivity index (χ3n) is 4.75. The number of ketones is 1. The van der Waals surface area contributed by atoms with Crippen LogP contribution in [-0.4, -0.2) is 23.0 Å². The molecule has 0 aromatic rings. The molecule has 0 heterocycles. The van der Waals surface area contributed by atoms with Crippen molar-refractivity contribution in [2.45, 2.75) is 116 Å². The van der Waals surface area contributed by atoms with Crippen LogP contribution in [0.3, 0.4) is 0 Å². The van der Waals surface area contributed by atoms with Crippen molar-refractivity contribution in [2.75, 3.05) is 6.54 Å². The van der Waals surface area contributed by atoms with Crippen LogP contribution in [0.5, 0.6) is 0 Å². The summed E-state index contributed by atoms with van der Waals surface area (Å²) in [7, 11) is 0. The molecule has 0 aliphatic carbocycles. The Morgan fingerprint density at radius 1 is 0.783 bits per heavy atom. The van der Waals surface area contributed by atoms with Gasteiger partial charge in [-0.2, -0.15) is 0 Å². The number of carbonyl (C=O) groups excluding carboxylic acids is 1. The highest BCUT2D eigenvalue weighted by Gasteiger charge is 2.32. The summed E-state index contributed by atoms with van der Waals surface area (Å²) in [4.78, 5) is 12.2. The fourth-order valence-electron chi connectivity index (χ4n) is 3.24. The number of Topliss-reactive ketones (excluding diaryl/α,β-unsaturated/α-hetero) is 1. The molecule has 0 bridgehead atoms. The molecule has 1 atom stereocenters. The van der Waals surface area contributed by atoms with E-state index in [2.05, 4.69) is 6.92 Å². The van der Waals surface area contributed by atoms with Crippen molar-refractivity contribution < 1.29 is 9.90 Å². The van der Waals surface area contributed by atoms with Crippen molar-refractivity contribution in [3.05, 3.63) is 0 Å². The van der Waals surface area contributed by atoms with E-state index in [0.717, 1.165) is 19.3 Å². The summed E-state index contributed by atoms with van der Waals surface area (Å²) in [6.45, 7) is 4.63. The number of unbranched alkanes of at least 4 members (excludes halogenated alkanes) is 10. The largest absolute Gasteiger partial charge is 0.382 e. The molecule has 3 N–H and O–H groups in total. The van der Waals surface area contributed by atoms with E-state index in [1.165, 1.54) is 57.8 Å². The molecule has 0 aliphatic heterocycles. The van der Waals surface area contributed by atoms with E-state index in [1.54, 1.807) is 0 Å². The van der Waals surface area contributed by atoms with Crippen molar-refractivity contribution >= 4 is 5.78 Å². The lowest BCUT2D eigenvalue weighted by Gasteiger charge is -2.25. The minimum Gasteiger partial charge on any atom is -0.382 e. The van der Waals surface area contributed by atoms with Crippen molar-refractivity contribution in [2.24, 2.45) is 5.73 Å². The van der Waals surface area contributed by atoms with Gasteiger partial charge in [0.05, 0.1) is 0 Å². The van der Waals surface area contributed by atoms with Gasteiger partial charge in [-0.15, -0.1) is 0 Å². The van der Waals surface area contributed by atoms with E-state index in [4.69, 9.17) is 5.73 Å². The molecule has 23 heavy (non-hydrogen) atoms. The quantitative estimate of drug-likeness (QED) is 0.364. The summed E-state index contributed by atoms with van der Waals surface area (Å²) in [6, 6.07) is 0. The minimum atomic E-state index is -1.16. The summed E-state index contributed by atoms with van der Waals surface area (Å²) in [6.07, 6.45) is 16.3. The molecule has 3 nitrogen and oxygen atoms in total. The van der Waals surface area contributed by atoms with Crippen LogP contribution in [0.15, 0.2) is 0 Å². The molecule has 0 saturated heterocycles. The first kappa shape index (κ1) is 22.6. The molecule has 0 saturated carbocycles. The highest BCUT2D eigenvalue weighted by Crippen LogP contribution is 2.21. The average Bonchev–Trinajstić information content (AvgIpc) is 2.52. The van der Waals surface area contributed by atoms with Crippen molar-refractivity contribution in [3.63, 3.8) is 0 Å². The second-order valence-corrected chi connectivity index (χ2v) is 7.03. The van der Waals surface area contributed by atoms with Crippen molar-refractivity contribution in [1.29, 1.82) is 0 Å². The monoisotopic (exact) mass is 327 g/mol. The van der Waals surface area contributed by atoms with E-state index in [-0.39, 0.29) is 5.78 Å². The molecule has 0 amide bonds. The molecule has 0 aliphatic rings. The Morgan fingerprint density at radius 3 is 1.70 bits per heavy atom. The predicted molar refractivity (Wildman–Crippen MR) is 99.6 cm³/mol. The van der Waals surface area contributed by atoms with Crippen LogP contribution in [0.1, 0.15) is 110 Å². The molecule has 138 valence electrons. The number of rotatable bonds is 17. The molecule has 0 fully saturated rings. The third kappa shape index (κ3) is 11.7. The fraction of sp³-hybridized carbons (Fsp3) is 0.950. The SMILES string of the molecule is CCCCCCCCCCCCCC(=O)C(O)(CCC)CCN. The zero-order valence-corrected chi connectivity index (χ0v) is 15.7. The Balaban J connectivity index is 3.57. The van der Waals surface area contributed by atoms with Crippen LogP contribution in [0.25, 0.3) is 0 Å². The zero-order valence-electron chi connectivity index (χ0n) is 15.7. The van der Waals surface area contributed by atoms with Crippen LogP contribution in [0, 0.1) is 0 Å². The van der Waals surface area contributed by atoms with Crippen LogP contribution in [0.4, 0.5) is 0 Å². The second kappa shape index (κ2) is 15.1. The van der Waals surface area contributed by atoms with Crippen LogP contribution in [0.2, 0.25) is 0 Å². The first-order valence-corrected chi connectivity index (χ1v) is 10.1. The van der Waals surface area contributed by atoms with Gasteiger partial charge in [-0.05, 0) is 25.8 Å². The standard InChI is InChI=1S/C20H41NO2/c1-3-5-6-7-8-9-10-11-12-13-14-15-19(22)20(23,16-4-2)17-18-21/h23H,3-18,21H2,1-2H3. The molecule has 3 heteroatoms. The molecule has 0 aromatic heterocycles. The first-order valence-electron chi connectivity index (χ1n) is 10.1. The maximum atomic E-state index is 12.2. The first-order chi connectivity index (χ1) is 11.1. The van der Waals surface area contributed by atoms with Crippen molar-refractivity contribution in [1.82, 2.24) is 0 Å². The normalized spacial score (nSPS) is 13.9. The summed E-state index contributed by atoms with van der Waals surface area (Å²) in [5.74, 6) is 0.000671. The van der Waals surface area contributed by atoms with Crippen LogP contribution in [-0.2, 0) is 4.79 Å². The Hall–Kier alpha value is -0.410. The van der Waals surface area contributed by atoms with Crippen molar-refractivity contribution in [3.8, 4) is 0 Å². The molecule has 0 rings (SSSR count). The Labute approximate surface area is 144 Å². The topological polar surface area (TPSA) is 63.3 Å². The van der Waals surface area contributed by atoms with Gasteiger partial charge in [0.15, 0.2) is 5.78 Å². The summed E-state index contributed by atoms with van der Waals surface area (Å²) in [5.41, 5.74) is 4.37. The average molecular weight is 328 g/mol. The van der Waals surface area contributed by atoms with E-state index in [9.17, 15) is 9.90 Å². The summed E-state index contributed by atoms with van der Waals surface area (Å²) >= 11 is 0. The van der Waals surface area contributed by atoms with E-state index in [0.29, 0.717) is 25.8 Å². The van der Waals surface area contributed by atoms with Crippen LogP contribution >= 0.6 is 0 Å². The van der Waals surface area contributed by atoms with Crippen LogP contribution < -0.4 is 5.73 Å². The fourth-order valence-corrected chi connectivity index (χ4v) is 3.24. The maximum absolute atomic E-state index is 12.2. The highest BCUT2D eigenvalue weighted by atomic mass is 16.3. The minimum absolute atomic E-state index is 0.000671. The van der Waals surface area contributed by atoms with Gasteiger partial charge in [-0.25, -0.2) is 0 Å². The smallest absolute Gasteiger partial charge is 0.164 e. The van der Waals surface area contributed by atoms with Gasteiger partial charge in [0, 0.05) is 6.42 Å². The van der Waals surface area contributed by atoms with E-state index in [1.807, 2.05) is 6.92 Å². The zero-order chi connectivity index (χ0) is 17.4. The lowest BCUT2D eigenvalue weighted by atomic mass is 9.87. The predicted octanol–water partition coefficient (Wildman–Crippen LogP) is 5.14. The number of hydrogen-bond acceptors (Lipinski definition) is 3. The Morgan fingerprint density at radius 2 is 1.26 bits per heavy atom. The molecule has 0 spiro atoms. The second-order valence-electron chi connectivity index (χ2n) is 7.03. The number of aliphatic hydroxyl groups is 1. The number of nitrogens with two attached hydrogens (primary N) is 1. The van der Waals surface area contributed by atoms with Gasteiger partial charge in [-0.3, -0.25) is 4.79 Å². The third-order valence-corrected chi connectivity index (χ3v) is 4.75. The molecule has 1 unspecified atom stereocenters. The number of carbonyl (C=O) groups is 1. The van der Waals surface area contributed by atoms with Gasteiger partial charge in [-0.1, -0.05) is 84.5 Å². The van der Waals surface area contributed by atoms with E-state index >= 15 is 0 Å². The Kier molecular flexibility index (Phi) is 14.9. The van der Waals surface area contributed by atoms with E-state index < -0.39 is 5.60 Å². The lowest BCUT2D eigenvalue weighted by Crippen LogP contribution is -2.40.